The summed E-state index contributed by atoms with van der Waals surface area (Å²) in [6.07, 6.45) is 1.07. The largest absolute Gasteiger partial charge is 0.497 e. The van der Waals surface area contributed by atoms with Gasteiger partial charge in [-0.1, -0.05) is 0 Å². The molecule has 0 N–H and O–H groups in total. The van der Waals surface area contributed by atoms with E-state index in [9.17, 15) is 4.79 Å². The van der Waals surface area contributed by atoms with E-state index in [1.165, 1.54) is 4.90 Å². The fourth-order valence-corrected chi connectivity index (χ4v) is 3.71. The van der Waals surface area contributed by atoms with Crippen molar-refractivity contribution in [3.05, 3.63) is 60.0 Å². The Morgan fingerprint density at radius 3 is 2.34 bits per heavy atom. The fraction of sp³-hybridized carbons (Fsp3) is 0.280. The van der Waals surface area contributed by atoms with Gasteiger partial charge in [-0.25, -0.2) is 24.6 Å². The van der Waals surface area contributed by atoms with E-state index in [2.05, 4.69) is 9.97 Å². The number of anilines is 4. The minimum absolute atomic E-state index is 0.169. The molecule has 2 aromatic heterocycles. The van der Waals surface area contributed by atoms with E-state index in [1.807, 2.05) is 62.5 Å². The number of aromatic nitrogens is 4. The Morgan fingerprint density at radius 1 is 1.03 bits per heavy atom. The van der Waals surface area contributed by atoms with Gasteiger partial charge in [-0.15, -0.1) is 0 Å². The van der Waals surface area contributed by atoms with Gasteiger partial charge < -0.3 is 18.9 Å². The van der Waals surface area contributed by atoms with Crippen LogP contribution < -0.4 is 14.5 Å². The molecule has 1 amide bonds. The number of hydrogen-bond acceptors (Lipinski definition) is 7. The molecule has 2 aromatic carbocycles. The molecular weight excluding hydrogens is 468 g/mol. The number of rotatable bonds is 5. The lowest BCUT2D eigenvalue weighted by atomic mass is 10.2. The zero-order chi connectivity index (χ0) is 25.3. The molecule has 0 atom stereocenters. The molecular formula is C25H27ClN6O3. The number of methoxy groups -OCH3 is 1. The predicted octanol–water partition coefficient (Wildman–Crippen LogP) is 5.87. The van der Waals surface area contributed by atoms with Gasteiger partial charge in [0.2, 0.25) is 11.2 Å². The second-order valence-corrected chi connectivity index (χ2v) is 9.24. The zero-order valence-corrected chi connectivity index (χ0v) is 21.2. The molecule has 10 heteroatoms. The molecule has 0 saturated heterocycles. The van der Waals surface area contributed by atoms with Crippen LogP contribution in [-0.2, 0) is 11.8 Å². The number of nitrogens with zero attached hydrogens (tertiary/aromatic N) is 6. The third-order valence-electron chi connectivity index (χ3n) is 5.29. The van der Waals surface area contributed by atoms with E-state index in [1.54, 1.807) is 43.6 Å². The van der Waals surface area contributed by atoms with Crippen LogP contribution in [0, 0.1) is 0 Å². The lowest BCUT2D eigenvalue weighted by Gasteiger charge is -2.26. The first kappa shape index (κ1) is 24.3. The summed E-state index contributed by atoms with van der Waals surface area (Å²) in [5.74, 6) is 1.75. The molecule has 0 saturated carbocycles. The zero-order valence-electron chi connectivity index (χ0n) is 20.5. The Bertz CT molecular complexity index is 1360. The molecule has 0 radical (unpaired) electrons. The highest BCUT2D eigenvalue weighted by atomic mass is 35.5. The van der Waals surface area contributed by atoms with Gasteiger partial charge in [0.25, 0.3) is 0 Å². The fourth-order valence-electron chi connectivity index (χ4n) is 3.57. The Labute approximate surface area is 208 Å². The second kappa shape index (κ2) is 9.42. The Morgan fingerprint density at radius 2 is 1.71 bits per heavy atom. The van der Waals surface area contributed by atoms with Crippen molar-refractivity contribution >= 4 is 51.9 Å². The lowest BCUT2D eigenvalue weighted by molar-refractivity contribution is 0.0596. The lowest BCUT2D eigenvalue weighted by Crippen LogP contribution is -2.35. The number of benzene rings is 2. The number of hydrogen-bond donors (Lipinski definition) is 0. The summed E-state index contributed by atoms with van der Waals surface area (Å²) >= 11 is 5.96. The van der Waals surface area contributed by atoms with Gasteiger partial charge in [-0.05, 0) is 80.9 Å². The van der Waals surface area contributed by atoms with Crippen molar-refractivity contribution in [3.63, 3.8) is 0 Å². The Hall–Kier alpha value is -3.85. The van der Waals surface area contributed by atoms with Crippen LogP contribution in [0.25, 0.3) is 11.0 Å². The molecule has 0 unspecified atom stereocenters. The monoisotopic (exact) mass is 494 g/mol. The quantitative estimate of drug-likeness (QED) is 0.321. The topological polar surface area (TPSA) is 85.6 Å². The molecule has 0 aliphatic rings. The first-order chi connectivity index (χ1) is 16.6. The van der Waals surface area contributed by atoms with E-state index in [0.717, 1.165) is 11.2 Å². The van der Waals surface area contributed by atoms with E-state index in [0.29, 0.717) is 28.7 Å². The summed E-state index contributed by atoms with van der Waals surface area (Å²) < 4.78 is 12.8. The Kier molecular flexibility index (Phi) is 6.53. The van der Waals surface area contributed by atoms with Crippen LogP contribution in [0.3, 0.4) is 0 Å². The average molecular weight is 495 g/mol. The second-order valence-electron chi connectivity index (χ2n) is 8.90. The maximum atomic E-state index is 13.3. The summed E-state index contributed by atoms with van der Waals surface area (Å²) in [4.78, 5) is 29.7. The van der Waals surface area contributed by atoms with Gasteiger partial charge in [0.15, 0.2) is 0 Å². The molecule has 2 heterocycles. The first-order valence-corrected chi connectivity index (χ1v) is 11.3. The summed E-state index contributed by atoms with van der Waals surface area (Å²) in [6.45, 7) is 5.48. The van der Waals surface area contributed by atoms with Gasteiger partial charge in [-0.3, -0.25) is 0 Å². The van der Waals surface area contributed by atoms with E-state index >= 15 is 0 Å². The highest BCUT2D eigenvalue weighted by Gasteiger charge is 2.29. The first-order valence-electron chi connectivity index (χ1n) is 10.9. The number of aryl methyl sites for hydroxylation is 1. The minimum atomic E-state index is -0.679. The Balaban J connectivity index is 1.79. The standard InChI is InChI=1S/C25H27ClN6O3/c1-25(2,3)35-24(33)32(16-7-10-18(34-6)11-8-16)23-28-19-15-17(9-12-20(19)31(23)5)30(4)21-13-14-27-22(26)29-21/h7-15H,1-6H3. The number of carbonyl (C=O) groups excluding carboxylic acids is 1. The van der Waals surface area contributed by atoms with Crippen molar-refractivity contribution < 1.29 is 14.3 Å². The van der Waals surface area contributed by atoms with Crippen molar-refractivity contribution in [2.24, 2.45) is 7.05 Å². The average Bonchev–Trinajstić information content (AvgIpc) is 3.13. The molecule has 4 rings (SSSR count). The van der Waals surface area contributed by atoms with Crippen LogP contribution in [-0.4, -0.2) is 45.4 Å². The number of halogens is 1. The number of carbonyl (C=O) groups is 1. The number of amides is 1. The highest BCUT2D eigenvalue weighted by Crippen LogP contribution is 2.33. The molecule has 4 aromatic rings. The van der Waals surface area contributed by atoms with Crippen LogP contribution >= 0.6 is 11.6 Å². The van der Waals surface area contributed by atoms with Crippen LogP contribution in [0.2, 0.25) is 5.28 Å². The third kappa shape index (κ3) is 5.14. The maximum absolute atomic E-state index is 13.3. The van der Waals surface area contributed by atoms with Gasteiger partial charge >= 0.3 is 6.09 Å². The summed E-state index contributed by atoms with van der Waals surface area (Å²) in [5.41, 5.74) is 2.33. The van der Waals surface area contributed by atoms with E-state index in [4.69, 9.17) is 26.1 Å². The van der Waals surface area contributed by atoms with Gasteiger partial charge in [0.1, 0.15) is 17.2 Å². The van der Waals surface area contributed by atoms with Crippen LogP contribution in [0.4, 0.5) is 27.9 Å². The van der Waals surface area contributed by atoms with E-state index < -0.39 is 11.7 Å². The van der Waals surface area contributed by atoms with Crippen LogP contribution in [0.5, 0.6) is 5.75 Å². The van der Waals surface area contributed by atoms with Gasteiger partial charge in [-0.2, -0.15) is 0 Å². The van der Waals surface area contributed by atoms with Crippen molar-refractivity contribution in [1.82, 2.24) is 19.5 Å². The van der Waals surface area contributed by atoms with Crippen molar-refractivity contribution in [1.29, 1.82) is 0 Å². The van der Waals surface area contributed by atoms with Crippen molar-refractivity contribution in [2.45, 2.75) is 26.4 Å². The number of imidazole rings is 1. The van der Waals surface area contributed by atoms with Crippen LogP contribution in [0.1, 0.15) is 20.8 Å². The third-order valence-corrected chi connectivity index (χ3v) is 5.47. The molecule has 0 aliphatic carbocycles. The van der Waals surface area contributed by atoms with Crippen molar-refractivity contribution in [2.75, 3.05) is 24.0 Å². The molecule has 0 spiro atoms. The summed E-state index contributed by atoms with van der Waals surface area (Å²) in [7, 11) is 5.34. The predicted molar refractivity (Wildman–Crippen MR) is 137 cm³/mol. The molecule has 182 valence electrons. The minimum Gasteiger partial charge on any atom is -0.497 e. The summed E-state index contributed by atoms with van der Waals surface area (Å²) in [5, 5.41) is 0.169. The summed E-state index contributed by atoms with van der Waals surface area (Å²) in [6, 6.07) is 14.8. The van der Waals surface area contributed by atoms with Gasteiger partial charge in [0, 0.05) is 26.0 Å². The molecule has 9 nitrogen and oxygen atoms in total. The number of fused-ring (bicyclic) bond motifs is 1. The maximum Gasteiger partial charge on any atom is 0.421 e. The number of ether oxygens (including phenoxy) is 2. The molecule has 0 aliphatic heterocycles. The van der Waals surface area contributed by atoms with Crippen molar-refractivity contribution in [3.8, 4) is 5.75 Å². The molecule has 35 heavy (non-hydrogen) atoms. The normalized spacial score (nSPS) is 11.4. The SMILES string of the molecule is COc1ccc(N(C(=O)OC(C)(C)C)c2nc3cc(N(C)c4ccnc(Cl)n4)ccc3n2C)cc1. The highest BCUT2D eigenvalue weighted by molar-refractivity contribution is 6.28. The van der Waals surface area contributed by atoms with Crippen LogP contribution in [0.15, 0.2) is 54.7 Å². The smallest absolute Gasteiger partial charge is 0.421 e. The van der Waals surface area contributed by atoms with E-state index in [-0.39, 0.29) is 5.28 Å². The van der Waals surface area contributed by atoms with Gasteiger partial charge in [0.05, 0.1) is 23.8 Å². The molecule has 0 fully saturated rings. The molecule has 0 bridgehead atoms.